The summed E-state index contributed by atoms with van der Waals surface area (Å²) in [5.41, 5.74) is 0.860. The van der Waals surface area contributed by atoms with E-state index in [-0.39, 0.29) is 24.2 Å². The highest BCUT2D eigenvalue weighted by Crippen LogP contribution is 2.36. The Morgan fingerprint density at radius 3 is 2.65 bits per heavy atom. The molecule has 0 N–H and O–H groups in total. The number of amides is 1. The van der Waals surface area contributed by atoms with Gasteiger partial charge in [0.25, 0.3) is 0 Å². The van der Waals surface area contributed by atoms with Crippen LogP contribution < -0.4 is 9.64 Å². The number of hydrogen-bond donors (Lipinski definition) is 0. The van der Waals surface area contributed by atoms with Gasteiger partial charge in [0.1, 0.15) is 11.3 Å². The van der Waals surface area contributed by atoms with Gasteiger partial charge in [-0.05, 0) is 46.0 Å². The number of hydrogen-bond acceptors (Lipinski definition) is 5. The molecule has 1 aromatic carbocycles. The van der Waals surface area contributed by atoms with Crippen LogP contribution in [0.25, 0.3) is 10.2 Å². The van der Waals surface area contributed by atoms with Gasteiger partial charge in [0.2, 0.25) is 5.91 Å². The summed E-state index contributed by atoms with van der Waals surface area (Å²) in [4.78, 5) is 21.9. The van der Waals surface area contributed by atoms with E-state index in [1.807, 2.05) is 44.1 Å². The Labute approximate surface area is 165 Å². The highest BCUT2D eigenvalue weighted by atomic mass is 35.5. The van der Waals surface area contributed by atoms with E-state index in [0.29, 0.717) is 13.2 Å². The molecule has 1 saturated carbocycles. The predicted octanol–water partition coefficient (Wildman–Crippen LogP) is 4.20. The molecule has 3 rings (SSSR count). The van der Waals surface area contributed by atoms with Crippen LogP contribution in [0.5, 0.6) is 5.75 Å². The molecule has 26 heavy (non-hydrogen) atoms. The van der Waals surface area contributed by atoms with Crippen molar-refractivity contribution < 1.29 is 9.53 Å². The lowest BCUT2D eigenvalue weighted by molar-refractivity contribution is -0.122. The van der Waals surface area contributed by atoms with E-state index < -0.39 is 0 Å². The highest BCUT2D eigenvalue weighted by Gasteiger charge is 2.30. The van der Waals surface area contributed by atoms with Crippen molar-refractivity contribution in [3.8, 4) is 5.75 Å². The highest BCUT2D eigenvalue weighted by molar-refractivity contribution is 7.22. The number of aromatic nitrogens is 1. The van der Waals surface area contributed by atoms with Crippen LogP contribution >= 0.6 is 23.7 Å². The molecule has 1 amide bonds. The van der Waals surface area contributed by atoms with Gasteiger partial charge in [0.15, 0.2) is 5.13 Å². The van der Waals surface area contributed by atoms with Gasteiger partial charge in [-0.25, -0.2) is 4.98 Å². The second kappa shape index (κ2) is 9.53. The average molecular weight is 398 g/mol. The van der Waals surface area contributed by atoms with Gasteiger partial charge in [0, 0.05) is 19.0 Å². The zero-order chi connectivity index (χ0) is 17.8. The van der Waals surface area contributed by atoms with Gasteiger partial charge >= 0.3 is 0 Å². The van der Waals surface area contributed by atoms with Crippen LogP contribution in [0.15, 0.2) is 18.2 Å². The number of para-hydroxylation sites is 1. The molecular formula is C19H28ClN3O2S. The zero-order valence-corrected chi connectivity index (χ0v) is 17.4. The van der Waals surface area contributed by atoms with E-state index in [1.165, 1.54) is 0 Å². The van der Waals surface area contributed by atoms with Gasteiger partial charge in [-0.3, -0.25) is 9.69 Å². The Hall–Kier alpha value is -1.37. The fourth-order valence-electron chi connectivity index (χ4n) is 3.29. The Kier molecular flexibility index (Phi) is 7.68. The number of fused-ring (bicyclic) bond motifs is 1. The van der Waals surface area contributed by atoms with E-state index in [4.69, 9.17) is 9.72 Å². The van der Waals surface area contributed by atoms with Crippen molar-refractivity contribution in [2.45, 2.75) is 32.6 Å². The molecule has 1 aliphatic rings. The molecule has 2 aromatic rings. The number of benzene rings is 1. The summed E-state index contributed by atoms with van der Waals surface area (Å²) in [5.74, 6) is 1.18. The lowest BCUT2D eigenvalue weighted by Gasteiger charge is -2.24. The van der Waals surface area contributed by atoms with E-state index in [9.17, 15) is 4.79 Å². The predicted molar refractivity (Wildman–Crippen MR) is 111 cm³/mol. The third-order valence-electron chi connectivity index (χ3n) is 4.64. The molecule has 0 unspecified atom stereocenters. The number of nitrogens with zero attached hydrogens (tertiary/aromatic N) is 3. The fourth-order valence-corrected chi connectivity index (χ4v) is 4.31. The molecule has 1 aromatic heterocycles. The Bertz CT molecular complexity index is 729. The first-order valence-corrected chi connectivity index (χ1v) is 9.90. The summed E-state index contributed by atoms with van der Waals surface area (Å²) >= 11 is 1.58. The van der Waals surface area contributed by atoms with E-state index in [2.05, 4.69) is 4.90 Å². The zero-order valence-electron chi connectivity index (χ0n) is 15.7. The van der Waals surface area contributed by atoms with E-state index >= 15 is 0 Å². The number of carbonyl (C=O) groups excluding carboxylic acids is 1. The molecule has 0 atom stereocenters. The van der Waals surface area contributed by atoms with Crippen molar-refractivity contribution in [3.63, 3.8) is 0 Å². The minimum absolute atomic E-state index is 0. The number of carbonyl (C=O) groups is 1. The van der Waals surface area contributed by atoms with E-state index in [0.717, 1.165) is 53.3 Å². The molecular weight excluding hydrogens is 370 g/mol. The number of halogens is 1. The summed E-state index contributed by atoms with van der Waals surface area (Å²) in [6, 6.07) is 5.97. The molecule has 0 saturated heterocycles. The normalized spacial score (nSPS) is 14.6. The van der Waals surface area contributed by atoms with Crippen molar-refractivity contribution in [1.29, 1.82) is 0 Å². The maximum Gasteiger partial charge on any atom is 0.231 e. The van der Waals surface area contributed by atoms with Crippen LogP contribution in [-0.2, 0) is 4.79 Å². The Morgan fingerprint density at radius 1 is 1.27 bits per heavy atom. The van der Waals surface area contributed by atoms with Crippen LogP contribution in [0, 0.1) is 5.92 Å². The topological polar surface area (TPSA) is 45.7 Å². The molecule has 1 aliphatic carbocycles. The molecule has 0 radical (unpaired) electrons. The van der Waals surface area contributed by atoms with Crippen LogP contribution in [0.1, 0.15) is 32.6 Å². The maximum absolute atomic E-state index is 13.1. The minimum atomic E-state index is 0. The third-order valence-corrected chi connectivity index (χ3v) is 5.69. The third kappa shape index (κ3) is 4.67. The summed E-state index contributed by atoms with van der Waals surface area (Å²) < 4.78 is 6.77. The number of anilines is 1. The molecule has 5 nitrogen and oxygen atoms in total. The van der Waals surface area contributed by atoms with Crippen molar-refractivity contribution in [2.75, 3.05) is 38.7 Å². The van der Waals surface area contributed by atoms with Crippen molar-refractivity contribution in [3.05, 3.63) is 18.2 Å². The summed E-state index contributed by atoms with van der Waals surface area (Å²) in [5, 5.41) is 0.793. The molecule has 0 bridgehead atoms. The summed E-state index contributed by atoms with van der Waals surface area (Å²) in [6.07, 6.45) is 4.33. The van der Waals surface area contributed by atoms with Crippen LogP contribution in [0.4, 0.5) is 5.13 Å². The Morgan fingerprint density at radius 2 is 2.00 bits per heavy atom. The number of thiazole rings is 1. The average Bonchev–Trinajstić information content (AvgIpc) is 3.25. The maximum atomic E-state index is 13.1. The molecule has 7 heteroatoms. The molecule has 0 spiro atoms. The fraction of sp³-hybridized carbons (Fsp3) is 0.579. The quantitative estimate of drug-likeness (QED) is 0.702. The minimum Gasteiger partial charge on any atom is -0.492 e. The summed E-state index contributed by atoms with van der Waals surface area (Å²) in [6.45, 7) is 4.08. The first-order valence-electron chi connectivity index (χ1n) is 9.08. The molecule has 1 fully saturated rings. The van der Waals surface area contributed by atoms with Crippen LogP contribution in [0.2, 0.25) is 0 Å². The van der Waals surface area contributed by atoms with Gasteiger partial charge in [0.05, 0.1) is 11.3 Å². The van der Waals surface area contributed by atoms with Gasteiger partial charge in [-0.15, -0.1) is 12.4 Å². The number of ether oxygens (including phenoxy) is 1. The smallest absolute Gasteiger partial charge is 0.231 e. The molecule has 0 aliphatic heterocycles. The van der Waals surface area contributed by atoms with Crippen molar-refractivity contribution in [1.82, 2.24) is 9.88 Å². The standard InChI is InChI=1S/C19H27N3O2S.ClH/c1-4-24-15-10-7-11-16-17(15)20-19(25-16)22(13-12-21(2)3)18(23)14-8-5-6-9-14;/h7,10-11,14H,4-6,8-9,12-13H2,1-3H3;1H. The van der Waals surface area contributed by atoms with Crippen LogP contribution in [0.3, 0.4) is 0 Å². The first-order chi connectivity index (χ1) is 12.1. The lowest BCUT2D eigenvalue weighted by atomic mass is 10.1. The van der Waals surface area contributed by atoms with Gasteiger partial charge in [-0.1, -0.05) is 30.2 Å². The lowest BCUT2D eigenvalue weighted by Crippen LogP contribution is -2.39. The van der Waals surface area contributed by atoms with Crippen molar-refractivity contribution in [2.24, 2.45) is 5.92 Å². The monoisotopic (exact) mass is 397 g/mol. The Balaban J connectivity index is 0.00000243. The first kappa shape index (κ1) is 20.9. The second-order valence-corrected chi connectivity index (χ2v) is 7.82. The molecule has 1 heterocycles. The summed E-state index contributed by atoms with van der Waals surface area (Å²) in [7, 11) is 4.06. The second-order valence-electron chi connectivity index (χ2n) is 6.81. The van der Waals surface area contributed by atoms with Gasteiger partial charge in [-0.2, -0.15) is 0 Å². The largest absolute Gasteiger partial charge is 0.492 e. The van der Waals surface area contributed by atoms with Crippen LogP contribution in [-0.4, -0.2) is 49.6 Å². The van der Waals surface area contributed by atoms with Gasteiger partial charge < -0.3 is 9.64 Å². The SMILES string of the molecule is CCOc1cccc2sc(N(CCN(C)C)C(=O)C3CCCC3)nc12.Cl. The number of rotatable bonds is 7. The van der Waals surface area contributed by atoms with Crippen molar-refractivity contribution >= 4 is 45.0 Å². The molecule has 144 valence electrons. The number of likely N-dealkylation sites (N-methyl/N-ethyl adjacent to an activating group) is 1. The van der Waals surface area contributed by atoms with E-state index in [1.54, 1.807) is 11.3 Å².